The van der Waals surface area contributed by atoms with Gasteiger partial charge < -0.3 is 19.3 Å². The molecule has 4 heterocycles. The summed E-state index contributed by atoms with van der Waals surface area (Å²) in [7, 11) is 0. The number of amides is 1. The van der Waals surface area contributed by atoms with E-state index < -0.39 is 29.5 Å². The summed E-state index contributed by atoms with van der Waals surface area (Å²) in [5.41, 5.74) is -1.73. The SMILES string of the molecule is C[C@H]1Cn2nc(OCC3CN(C(=O)c4ccc(F)cc4)C3)cc2-c2cnc([C@@](C)(O)C(F)(F)F)n21. The number of hydrogen-bond donors (Lipinski definition) is 1. The van der Waals surface area contributed by atoms with Crippen LogP contribution in [0.25, 0.3) is 11.4 Å². The third kappa shape index (κ3) is 3.95. The Kier molecular flexibility index (Phi) is 5.38. The number of likely N-dealkylation sites (tertiary alicyclic amines) is 1. The minimum absolute atomic E-state index is 0.0936. The lowest BCUT2D eigenvalue weighted by molar-refractivity contribution is -0.262. The number of aliphatic hydroxyl groups is 1. The molecule has 0 radical (unpaired) electrons. The topological polar surface area (TPSA) is 85.4 Å². The molecular formula is C23H23F4N5O3. The number of carbonyl (C=O) groups is 1. The summed E-state index contributed by atoms with van der Waals surface area (Å²) in [6.07, 6.45) is -3.58. The molecule has 1 saturated heterocycles. The Labute approximate surface area is 197 Å². The number of alkyl halides is 3. The maximum atomic E-state index is 13.4. The van der Waals surface area contributed by atoms with Crippen LogP contribution in [-0.4, -0.2) is 61.1 Å². The standard InChI is InChI=1S/C23H23F4N5O3/c1-13-9-31-17(18-8-28-21(32(13)18)22(2,34)23(25,26)27)7-19(29-31)35-12-14-10-30(11-14)20(33)15-3-5-16(24)6-4-15/h3-8,13-14,34H,9-12H2,1-2H3/t13-,22+/m0/s1. The minimum atomic E-state index is -4.88. The number of ether oxygens (including phenoxy) is 1. The van der Waals surface area contributed by atoms with E-state index in [0.29, 0.717) is 49.5 Å². The van der Waals surface area contributed by atoms with Crippen LogP contribution < -0.4 is 4.74 Å². The van der Waals surface area contributed by atoms with Gasteiger partial charge in [-0.15, -0.1) is 5.10 Å². The van der Waals surface area contributed by atoms with Crippen LogP contribution in [0.15, 0.2) is 36.5 Å². The largest absolute Gasteiger partial charge is 0.476 e. The molecule has 0 unspecified atom stereocenters. The van der Waals surface area contributed by atoms with Gasteiger partial charge in [0, 0.05) is 30.6 Å². The van der Waals surface area contributed by atoms with E-state index in [9.17, 15) is 27.5 Å². The number of benzene rings is 1. The Bertz CT molecular complexity index is 1260. The lowest BCUT2D eigenvalue weighted by Gasteiger charge is -2.38. The minimum Gasteiger partial charge on any atom is -0.476 e. The van der Waals surface area contributed by atoms with E-state index >= 15 is 0 Å². The summed E-state index contributed by atoms with van der Waals surface area (Å²) >= 11 is 0. The zero-order valence-electron chi connectivity index (χ0n) is 19.0. The van der Waals surface area contributed by atoms with Gasteiger partial charge in [0.05, 0.1) is 36.8 Å². The number of fused-ring (bicyclic) bond motifs is 3. The lowest BCUT2D eigenvalue weighted by atomic mass is 10.00. The molecule has 35 heavy (non-hydrogen) atoms. The molecule has 1 amide bonds. The van der Waals surface area contributed by atoms with Crippen LogP contribution in [0.4, 0.5) is 17.6 Å². The summed E-state index contributed by atoms with van der Waals surface area (Å²) in [6, 6.07) is 6.59. The number of nitrogens with zero attached hydrogens (tertiary/aromatic N) is 5. The Balaban J connectivity index is 1.25. The second-order valence-electron chi connectivity index (χ2n) is 9.20. The molecule has 1 aromatic carbocycles. The van der Waals surface area contributed by atoms with Gasteiger partial charge >= 0.3 is 6.18 Å². The van der Waals surface area contributed by atoms with E-state index in [4.69, 9.17) is 4.74 Å². The first-order valence-electron chi connectivity index (χ1n) is 11.1. The van der Waals surface area contributed by atoms with Gasteiger partial charge in [0.2, 0.25) is 11.5 Å². The summed E-state index contributed by atoms with van der Waals surface area (Å²) < 4.78 is 62.2. The third-order valence-corrected chi connectivity index (χ3v) is 6.48. The maximum Gasteiger partial charge on any atom is 0.424 e. The van der Waals surface area contributed by atoms with Crippen LogP contribution in [0.5, 0.6) is 5.88 Å². The van der Waals surface area contributed by atoms with Crippen LogP contribution >= 0.6 is 0 Å². The zero-order valence-corrected chi connectivity index (χ0v) is 19.0. The number of carbonyl (C=O) groups excluding carboxylic acids is 1. The Morgan fingerprint density at radius 3 is 2.51 bits per heavy atom. The molecule has 0 bridgehead atoms. The van der Waals surface area contributed by atoms with Gasteiger partial charge in [-0.25, -0.2) is 9.37 Å². The molecule has 0 spiro atoms. The van der Waals surface area contributed by atoms with E-state index in [1.807, 2.05) is 0 Å². The highest BCUT2D eigenvalue weighted by Crippen LogP contribution is 2.42. The third-order valence-electron chi connectivity index (χ3n) is 6.48. The molecular weight excluding hydrogens is 470 g/mol. The molecule has 2 aliphatic rings. The highest BCUT2D eigenvalue weighted by atomic mass is 19.4. The van der Waals surface area contributed by atoms with Crippen LogP contribution in [0.2, 0.25) is 0 Å². The molecule has 0 saturated carbocycles. The lowest BCUT2D eigenvalue weighted by Crippen LogP contribution is -2.52. The van der Waals surface area contributed by atoms with E-state index in [1.54, 1.807) is 22.6 Å². The van der Waals surface area contributed by atoms with E-state index in [2.05, 4.69) is 10.1 Å². The number of aromatic nitrogens is 4. The molecule has 186 valence electrons. The van der Waals surface area contributed by atoms with Crippen molar-refractivity contribution in [3.63, 3.8) is 0 Å². The fourth-order valence-electron chi connectivity index (χ4n) is 4.44. The second-order valence-corrected chi connectivity index (χ2v) is 9.20. The van der Waals surface area contributed by atoms with Crippen LogP contribution in [0.1, 0.15) is 36.1 Å². The Hall–Kier alpha value is -3.41. The van der Waals surface area contributed by atoms with Crippen molar-refractivity contribution in [3.8, 4) is 17.3 Å². The molecule has 3 aromatic rings. The predicted octanol–water partition coefficient (Wildman–Crippen LogP) is 3.38. The first-order chi connectivity index (χ1) is 16.5. The molecule has 2 aromatic heterocycles. The van der Waals surface area contributed by atoms with Gasteiger partial charge in [-0.2, -0.15) is 13.2 Å². The molecule has 12 heteroatoms. The summed E-state index contributed by atoms with van der Waals surface area (Å²) in [4.78, 5) is 18.0. The van der Waals surface area contributed by atoms with Gasteiger partial charge in [0.15, 0.2) is 5.82 Å². The van der Waals surface area contributed by atoms with Crippen LogP contribution in [0.3, 0.4) is 0 Å². The molecule has 1 N–H and O–H groups in total. The quantitative estimate of drug-likeness (QED) is 0.551. The average molecular weight is 493 g/mol. The van der Waals surface area contributed by atoms with Crippen molar-refractivity contribution >= 4 is 5.91 Å². The molecule has 2 atom stereocenters. The van der Waals surface area contributed by atoms with Gasteiger partial charge in [0.1, 0.15) is 5.82 Å². The molecule has 5 rings (SSSR count). The van der Waals surface area contributed by atoms with E-state index in [0.717, 1.165) is 0 Å². The van der Waals surface area contributed by atoms with Gasteiger partial charge in [-0.05, 0) is 38.1 Å². The Morgan fingerprint density at radius 2 is 1.86 bits per heavy atom. The first-order valence-corrected chi connectivity index (χ1v) is 11.1. The number of hydrogen-bond acceptors (Lipinski definition) is 5. The first kappa shape index (κ1) is 23.3. The monoisotopic (exact) mass is 493 g/mol. The zero-order chi connectivity index (χ0) is 25.1. The van der Waals surface area contributed by atoms with Crippen molar-refractivity contribution in [3.05, 3.63) is 53.7 Å². The van der Waals surface area contributed by atoms with Crippen molar-refractivity contribution in [1.29, 1.82) is 0 Å². The molecule has 0 aliphatic carbocycles. The van der Waals surface area contributed by atoms with Crippen LogP contribution in [-0.2, 0) is 12.1 Å². The van der Waals surface area contributed by atoms with Gasteiger partial charge in [-0.1, -0.05) is 0 Å². The second kappa shape index (κ2) is 8.08. The normalized spacial score (nSPS) is 19.5. The van der Waals surface area contributed by atoms with E-state index in [1.165, 1.54) is 35.0 Å². The van der Waals surface area contributed by atoms with Crippen molar-refractivity contribution in [1.82, 2.24) is 24.2 Å². The fourth-order valence-corrected chi connectivity index (χ4v) is 4.44. The van der Waals surface area contributed by atoms with Crippen molar-refractivity contribution < 1.29 is 32.2 Å². The Morgan fingerprint density at radius 1 is 1.17 bits per heavy atom. The average Bonchev–Trinajstić information content (AvgIpc) is 3.37. The maximum absolute atomic E-state index is 13.4. The summed E-state index contributed by atoms with van der Waals surface area (Å²) in [6.45, 7) is 4.00. The number of halogens is 4. The van der Waals surface area contributed by atoms with Gasteiger partial charge in [-0.3, -0.25) is 9.48 Å². The van der Waals surface area contributed by atoms with E-state index in [-0.39, 0.29) is 18.4 Å². The number of rotatable bonds is 5. The fraction of sp³-hybridized carbons (Fsp3) is 0.435. The number of imidazole rings is 1. The smallest absolute Gasteiger partial charge is 0.424 e. The summed E-state index contributed by atoms with van der Waals surface area (Å²) in [5.74, 6) is -0.641. The van der Waals surface area contributed by atoms with Crippen molar-refractivity contribution in [2.45, 2.75) is 38.2 Å². The predicted molar refractivity (Wildman–Crippen MR) is 115 cm³/mol. The highest BCUT2D eigenvalue weighted by molar-refractivity contribution is 5.94. The van der Waals surface area contributed by atoms with Crippen molar-refractivity contribution in [2.24, 2.45) is 5.92 Å². The molecule has 2 aliphatic heterocycles. The highest BCUT2D eigenvalue weighted by Gasteiger charge is 2.55. The summed E-state index contributed by atoms with van der Waals surface area (Å²) in [5, 5.41) is 14.6. The van der Waals surface area contributed by atoms with Crippen molar-refractivity contribution in [2.75, 3.05) is 19.7 Å². The molecule has 8 nitrogen and oxygen atoms in total. The van der Waals surface area contributed by atoms with Gasteiger partial charge in [0.25, 0.3) is 5.91 Å². The molecule has 1 fully saturated rings. The van der Waals surface area contributed by atoms with Crippen LogP contribution in [0, 0.1) is 11.7 Å².